The lowest BCUT2D eigenvalue weighted by atomic mass is 10.0. The van der Waals surface area contributed by atoms with Gasteiger partial charge in [0.15, 0.2) is 6.04 Å². The number of carboxylic acids is 1. The molecule has 1 heterocycles. The number of carbonyl (C=O) groups excluding carboxylic acids is 1. The van der Waals surface area contributed by atoms with Gasteiger partial charge in [-0.05, 0) is 43.2 Å². The Morgan fingerprint density at radius 1 is 1.32 bits per heavy atom. The van der Waals surface area contributed by atoms with Crippen molar-refractivity contribution in [1.82, 2.24) is 10.3 Å². The van der Waals surface area contributed by atoms with Crippen LogP contribution in [-0.4, -0.2) is 41.2 Å². The summed E-state index contributed by atoms with van der Waals surface area (Å²) in [7, 11) is 0. The van der Waals surface area contributed by atoms with E-state index in [1.807, 2.05) is 26.0 Å². The maximum Gasteiger partial charge on any atom is 0.328 e. The second-order valence-electron chi connectivity index (χ2n) is 6.28. The van der Waals surface area contributed by atoms with E-state index >= 15 is 0 Å². The average molecular weight is 384 g/mol. The number of hydrogen-bond acceptors (Lipinski definition) is 5. The lowest BCUT2D eigenvalue weighted by Crippen LogP contribution is -2.44. The number of amides is 1. The van der Waals surface area contributed by atoms with E-state index in [1.54, 1.807) is 24.5 Å². The highest BCUT2D eigenvalue weighted by atomic mass is 16.5. The van der Waals surface area contributed by atoms with Crippen LogP contribution in [0.4, 0.5) is 0 Å². The highest BCUT2D eigenvalue weighted by Gasteiger charge is 2.21. The van der Waals surface area contributed by atoms with Crippen molar-refractivity contribution in [3.8, 4) is 5.75 Å². The molecule has 0 saturated carbocycles. The summed E-state index contributed by atoms with van der Waals surface area (Å²) in [4.78, 5) is 27.9. The van der Waals surface area contributed by atoms with E-state index in [4.69, 9.17) is 9.47 Å². The van der Waals surface area contributed by atoms with E-state index in [0.717, 1.165) is 16.7 Å². The van der Waals surface area contributed by atoms with Gasteiger partial charge in [0.2, 0.25) is 0 Å². The zero-order valence-electron chi connectivity index (χ0n) is 16.0. The Morgan fingerprint density at radius 2 is 2.04 bits per heavy atom. The SMILES string of the molecule is C=CCOCC(NC(=O)c1cc(C)c(OCc2cccnc2)c(C)c1)C(=O)O. The van der Waals surface area contributed by atoms with Crippen molar-refractivity contribution < 1.29 is 24.2 Å². The molecule has 28 heavy (non-hydrogen) atoms. The number of carbonyl (C=O) groups is 2. The Hall–Kier alpha value is -3.19. The first-order valence-corrected chi connectivity index (χ1v) is 8.77. The molecule has 0 aliphatic carbocycles. The Kier molecular flexibility index (Phi) is 7.71. The molecule has 0 bridgehead atoms. The van der Waals surface area contributed by atoms with E-state index in [-0.39, 0.29) is 13.2 Å². The van der Waals surface area contributed by atoms with E-state index in [1.165, 1.54) is 6.08 Å². The number of nitrogens with one attached hydrogen (secondary N) is 1. The molecule has 2 N–H and O–H groups in total. The molecule has 0 radical (unpaired) electrons. The van der Waals surface area contributed by atoms with E-state index in [9.17, 15) is 14.7 Å². The zero-order valence-corrected chi connectivity index (χ0v) is 16.0. The Bertz CT molecular complexity index is 813. The van der Waals surface area contributed by atoms with Crippen molar-refractivity contribution in [1.29, 1.82) is 0 Å². The first kappa shape index (κ1) is 21.1. The Balaban J connectivity index is 2.08. The number of aryl methyl sites for hydroxylation is 2. The second-order valence-corrected chi connectivity index (χ2v) is 6.28. The smallest absolute Gasteiger partial charge is 0.328 e. The first-order valence-electron chi connectivity index (χ1n) is 8.77. The van der Waals surface area contributed by atoms with Crippen molar-refractivity contribution in [2.45, 2.75) is 26.5 Å². The van der Waals surface area contributed by atoms with Gasteiger partial charge in [0, 0.05) is 23.5 Å². The quantitative estimate of drug-likeness (QED) is 0.483. The third kappa shape index (κ3) is 5.92. The predicted octanol–water partition coefficient (Wildman–Crippen LogP) is 2.66. The van der Waals surface area contributed by atoms with Gasteiger partial charge in [0.05, 0.1) is 13.2 Å². The first-order chi connectivity index (χ1) is 13.4. The summed E-state index contributed by atoms with van der Waals surface area (Å²) in [5.41, 5.74) is 2.86. The third-order valence-electron chi connectivity index (χ3n) is 3.95. The molecule has 2 rings (SSSR count). The topological polar surface area (TPSA) is 97.8 Å². The fourth-order valence-corrected chi connectivity index (χ4v) is 2.63. The van der Waals surface area contributed by atoms with E-state index < -0.39 is 17.9 Å². The molecule has 1 aromatic heterocycles. The highest BCUT2D eigenvalue weighted by Crippen LogP contribution is 2.26. The van der Waals surface area contributed by atoms with Gasteiger partial charge >= 0.3 is 5.97 Å². The van der Waals surface area contributed by atoms with Crippen molar-refractivity contribution in [2.75, 3.05) is 13.2 Å². The van der Waals surface area contributed by atoms with Gasteiger partial charge < -0.3 is 19.9 Å². The molecule has 2 aromatic rings. The number of ether oxygens (including phenoxy) is 2. The fraction of sp³-hybridized carbons (Fsp3) is 0.286. The molecule has 7 heteroatoms. The molecule has 0 saturated heterocycles. The summed E-state index contributed by atoms with van der Waals surface area (Å²) in [5.74, 6) is -0.966. The lowest BCUT2D eigenvalue weighted by molar-refractivity contribution is -0.140. The minimum absolute atomic E-state index is 0.142. The van der Waals surface area contributed by atoms with Gasteiger partial charge in [-0.3, -0.25) is 9.78 Å². The number of rotatable bonds is 10. The van der Waals surface area contributed by atoms with E-state index in [2.05, 4.69) is 16.9 Å². The van der Waals surface area contributed by atoms with Crippen LogP contribution in [0.3, 0.4) is 0 Å². The van der Waals surface area contributed by atoms with Crippen LogP contribution >= 0.6 is 0 Å². The van der Waals surface area contributed by atoms with Crippen molar-refractivity contribution in [3.63, 3.8) is 0 Å². The van der Waals surface area contributed by atoms with Crippen LogP contribution in [0.5, 0.6) is 5.75 Å². The van der Waals surface area contributed by atoms with E-state index in [0.29, 0.717) is 17.9 Å². The van der Waals surface area contributed by atoms with Gasteiger partial charge in [0.1, 0.15) is 12.4 Å². The summed E-state index contributed by atoms with van der Waals surface area (Å²) in [6.07, 6.45) is 4.94. The monoisotopic (exact) mass is 384 g/mol. The normalized spacial score (nSPS) is 11.5. The van der Waals surface area contributed by atoms with Gasteiger partial charge in [-0.1, -0.05) is 12.1 Å². The highest BCUT2D eigenvalue weighted by molar-refractivity contribution is 5.97. The molecule has 1 atom stereocenters. The molecule has 1 aromatic carbocycles. The zero-order chi connectivity index (χ0) is 20.5. The number of aromatic nitrogens is 1. The van der Waals surface area contributed by atoms with Crippen LogP contribution in [0.15, 0.2) is 49.3 Å². The van der Waals surface area contributed by atoms with Gasteiger partial charge in [-0.2, -0.15) is 0 Å². The third-order valence-corrected chi connectivity index (χ3v) is 3.95. The molecular formula is C21H24N2O5. The largest absolute Gasteiger partial charge is 0.488 e. The minimum atomic E-state index is -1.16. The van der Waals surface area contributed by atoms with Crippen LogP contribution in [0.2, 0.25) is 0 Å². The number of hydrogen-bond donors (Lipinski definition) is 2. The van der Waals surface area contributed by atoms with Crippen LogP contribution in [0.1, 0.15) is 27.0 Å². The van der Waals surface area contributed by atoms with Crippen LogP contribution in [-0.2, 0) is 16.1 Å². The summed E-state index contributed by atoms with van der Waals surface area (Å²) in [6.45, 7) is 7.60. The van der Waals surface area contributed by atoms with Crippen molar-refractivity contribution in [3.05, 3.63) is 71.6 Å². The molecule has 1 unspecified atom stereocenters. The molecule has 0 spiro atoms. The second kappa shape index (κ2) is 10.2. The minimum Gasteiger partial charge on any atom is -0.488 e. The van der Waals surface area contributed by atoms with Crippen LogP contribution in [0, 0.1) is 13.8 Å². The lowest BCUT2D eigenvalue weighted by Gasteiger charge is -2.17. The molecule has 1 amide bonds. The van der Waals surface area contributed by atoms with Gasteiger partial charge in [0.25, 0.3) is 5.91 Å². The number of pyridine rings is 1. The Labute approximate surface area is 164 Å². The summed E-state index contributed by atoms with van der Waals surface area (Å²) in [5, 5.41) is 11.7. The van der Waals surface area contributed by atoms with Crippen molar-refractivity contribution >= 4 is 11.9 Å². The maximum absolute atomic E-state index is 12.5. The number of nitrogens with zero attached hydrogens (tertiary/aromatic N) is 1. The number of benzene rings is 1. The summed E-state index contributed by atoms with van der Waals surface area (Å²) >= 11 is 0. The molecular weight excluding hydrogens is 360 g/mol. The van der Waals surface area contributed by atoms with Crippen molar-refractivity contribution in [2.24, 2.45) is 0 Å². The fourth-order valence-electron chi connectivity index (χ4n) is 2.63. The molecule has 0 fully saturated rings. The molecule has 148 valence electrons. The summed E-state index contributed by atoms with van der Waals surface area (Å²) < 4.78 is 11.0. The van der Waals surface area contributed by atoms with Gasteiger partial charge in [-0.25, -0.2) is 4.79 Å². The number of carboxylic acid groups (broad SMARTS) is 1. The van der Waals surface area contributed by atoms with Crippen LogP contribution < -0.4 is 10.1 Å². The molecule has 7 nitrogen and oxygen atoms in total. The molecule has 0 aliphatic heterocycles. The standard InChI is InChI=1S/C21H24N2O5/c1-4-8-27-13-18(21(25)26)23-20(24)17-9-14(2)19(15(3)10-17)28-12-16-6-5-7-22-11-16/h4-7,9-11,18H,1,8,12-13H2,2-3H3,(H,23,24)(H,25,26). The number of aliphatic carboxylic acids is 1. The maximum atomic E-state index is 12.5. The summed E-state index contributed by atoms with van der Waals surface area (Å²) in [6, 6.07) is 5.95. The molecule has 0 aliphatic rings. The Morgan fingerprint density at radius 3 is 2.61 bits per heavy atom. The van der Waals surface area contributed by atoms with Crippen LogP contribution in [0.25, 0.3) is 0 Å². The predicted molar refractivity (Wildman–Crippen MR) is 104 cm³/mol. The van der Waals surface area contributed by atoms with Gasteiger partial charge in [-0.15, -0.1) is 6.58 Å². The average Bonchev–Trinajstić information content (AvgIpc) is 2.67.